The molecule has 86 valence electrons. The van der Waals surface area contributed by atoms with Crippen molar-refractivity contribution < 1.29 is 0 Å². The van der Waals surface area contributed by atoms with E-state index in [1.54, 1.807) is 0 Å². The normalized spacial score (nSPS) is 12.5. The first kappa shape index (κ1) is 12.2. The second-order valence-corrected chi connectivity index (χ2v) is 5.32. The van der Waals surface area contributed by atoms with Gasteiger partial charge in [-0.05, 0) is 21.0 Å². The summed E-state index contributed by atoms with van der Waals surface area (Å²) in [5, 5.41) is 0. The van der Waals surface area contributed by atoms with Gasteiger partial charge in [0.05, 0.1) is 12.2 Å². The van der Waals surface area contributed by atoms with Crippen LogP contribution in [0.25, 0.3) is 0 Å². The zero-order valence-electron chi connectivity index (χ0n) is 10.8. The summed E-state index contributed by atoms with van der Waals surface area (Å²) in [6.07, 6.45) is 2.18. The van der Waals surface area contributed by atoms with E-state index in [2.05, 4.69) is 57.5 Å². The van der Waals surface area contributed by atoms with Gasteiger partial charge in [-0.2, -0.15) is 0 Å². The molecular weight excluding hydrogens is 186 g/mol. The average Bonchev–Trinajstić information content (AvgIpc) is 2.45. The molecule has 1 rings (SSSR count). The van der Waals surface area contributed by atoms with Crippen LogP contribution in [-0.2, 0) is 18.5 Å². The molecule has 1 heterocycles. The fraction of sp³-hybridized carbons (Fsp3) is 0.750. The van der Waals surface area contributed by atoms with Gasteiger partial charge in [-0.25, -0.2) is 4.98 Å². The number of imidazole rings is 1. The van der Waals surface area contributed by atoms with Crippen LogP contribution in [0.1, 0.15) is 39.2 Å². The van der Waals surface area contributed by atoms with Gasteiger partial charge in [0.25, 0.3) is 0 Å². The molecule has 0 saturated carbocycles. The Bertz CT molecular complexity index is 318. The highest BCUT2D eigenvalue weighted by Crippen LogP contribution is 2.21. The van der Waals surface area contributed by atoms with Gasteiger partial charge in [-0.1, -0.05) is 20.8 Å². The van der Waals surface area contributed by atoms with E-state index < -0.39 is 0 Å². The number of rotatable bonds is 3. The zero-order valence-corrected chi connectivity index (χ0v) is 10.8. The molecule has 0 unspecified atom stereocenters. The van der Waals surface area contributed by atoms with Gasteiger partial charge in [0.15, 0.2) is 0 Å². The summed E-state index contributed by atoms with van der Waals surface area (Å²) >= 11 is 0. The Morgan fingerprint density at radius 3 is 2.33 bits per heavy atom. The fourth-order valence-electron chi connectivity index (χ4n) is 1.50. The maximum Gasteiger partial charge on any atom is 0.123 e. The van der Waals surface area contributed by atoms with Crippen LogP contribution in [-0.4, -0.2) is 28.5 Å². The quantitative estimate of drug-likeness (QED) is 0.761. The summed E-state index contributed by atoms with van der Waals surface area (Å²) in [5.41, 5.74) is 1.32. The van der Waals surface area contributed by atoms with Crippen LogP contribution >= 0.6 is 0 Å². The van der Waals surface area contributed by atoms with Crippen molar-refractivity contribution in [1.82, 2.24) is 14.5 Å². The van der Waals surface area contributed by atoms with E-state index in [-0.39, 0.29) is 5.41 Å². The lowest BCUT2D eigenvalue weighted by Gasteiger charge is -2.14. The van der Waals surface area contributed by atoms with E-state index >= 15 is 0 Å². The molecule has 1 aromatic rings. The van der Waals surface area contributed by atoms with E-state index in [4.69, 9.17) is 4.98 Å². The van der Waals surface area contributed by atoms with Crippen LogP contribution in [0.15, 0.2) is 6.20 Å². The lowest BCUT2D eigenvalue weighted by atomic mass is 9.93. The number of hydrogen-bond donors (Lipinski definition) is 0. The largest absolute Gasteiger partial charge is 0.334 e. The second-order valence-electron chi connectivity index (χ2n) is 5.32. The highest BCUT2D eigenvalue weighted by Gasteiger charge is 2.19. The van der Waals surface area contributed by atoms with Gasteiger partial charge in [-0.3, -0.25) is 0 Å². The van der Waals surface area contributed by atoms with Crippen molar-refractivity contribution in [3.05, 3.63) is 17.7 Å². The van der Waals surface area contributed by atoms with Crippen molar-refractivity contribution in [3.63, 3.8) is 0 Å². The smallest absolute Gasteiger partial charge is 0.123 e. The van der Waals surface area contributed by atoms with Crippen LogP contribution in [0, 0.1) is 0 Å². The second kappa shape index (κ2) is 4.35. The molecule has 0 aliphatic carbocycles. The molecule has 0 N–H and O–H groups in total. The Hall–Kier alpha value is -0.830. The number of nitrogens with zero attached hydrogens (tertiary/aromatic N) is 3. The molecule has 0 spiro atoms. The van der Waals surface area contributed by atoms with E-state index in [1.807, 2.05) is 0 Å². The van der Waals surface area contributed by atoms with Crippen molar-refractivity contribution in [3.8, 4) is 0 Å². The molecule has 0 aromatic carbocycles. The van der Waals surface area contributed by atoms with Crippen molar-refractivity contribution >= 4 is 0 Å². The fourth-order valence-corrected chi connectivity index (χ4v) is 1.50. The topological polar surface area (TPSA) is 21.1 Å². The molecule has 0 atom stereocenters. The van der Waals surface area contributed by atoms with E-state index in [0.29, 0.717) is 0 Å². The first-order valence-corrected chi connectivity index (χ1v) is 5.56. The minimum Gasteiger partial charge on any atom is -0.334 e. The van der Waals surface area contributed by atoms with Crippen LogP contribution < -0.4 is 0 Å². The first-order chi connectivity index (χ1) is 6.84. The van der Waals surface area contributed by atoms with Crippen LogP contribution in [0.4, 0.5) is 0 Å². The van der Waals surface area contributed by atoms with Gasteiger partial charge in [0, 0.05) is 18.2 Å². The van der Waals surface area contributed by atoms with Gasteiger partial charge >= 0.3 is 0 Å². The lowest BCUT2D eigenvalue weighted by molar-refractivity contribution is 0.381. The molecule has 0 aliphatic rings. The van der Waals surface area contributed by atoms with Crippen LogP contribution in [0.2, 0.25) is 0 Å². The van der Waals surface area contributed by atoms with E-state index in [1.165, 1.54) is 5.69 Å². The predicted molar refractivity (Wildman–Crippen MR) is 64.0 cm³/mol. The van der Waals surface area contributed by atoms with Crippen molar-refractivity contribution in [1.29, 1.82) is 0 Å². The maximum absolute atomic E-state index is 4.71. The Labute approximate surface area is 93.1 Å². The summed E-state index contributed by atoms with van der Waals surface area (Å²) < 4.78 is 2.24. The molecule has 0 radical (unpaired) electrons. The van der Waals surface area contributed by atoms with E-state index in [0.717, 1.165) is 18.9 Å². The summed E-state index contributed by atoms with van der Waals surface area (Å²) in [5.74, 6) is 1.16. The summed E-state index contributed by atoms with van der Waals surface area (Å²) in [6.45, 7) is 10.7. The van der Waals surface area contributed by atoms with Gasteiger partial charge in [0.1, 0.15) is 5.82 Å². The third kappa shape index (κ3) is 3.06. The van der Waals surface area contributed by atoms with Crippen LogP contribution in [0.5, 0.6) is 0 Å². The minimum atomic E-state index is 0.140. The summed E-state index contributed by atoms with van der Waals surface area (Å²) in [7, 11) is 4.15. The third-order valence-electron chi connectivity index (χ3n) is 2.43. The zero-order chi connectivity index (χ0) is 11.6. The molecule has 3 nitrogen and oxygen atoms in total. The average molecular weight is 209 g/mol. The Morgan fingerprint density at radius 2 is 1.93 bits per heavy atom. The molecule has 0 aliphatic heterocycles. The predicted octanol–water partition coefficient (Wildman–Crippen LogP) is 2.26. The Morgan fingerprint density at radius 1 is 1.33 bits per heavy atom. The first-order valence-electron chi connectivity index (χ1n) is 5.56. The molecule has 15 heavy (non-hydrogen) atoms. The monoisotopic (exact) mass is 209 g/mol. The van der Waals surface area contributed by atoms with Crippen molar-refractivity contribution in [2.75, 3.05) is 14.1 Å². The minimum absolute atomic E-state index is 0.140. The molecular formula is C12H23N3. The van der Waals surface area contributed by atoms with Crippen molar-refractivity contribution in [2.45, 2.75) is 46.2 Å². The van der Waals surface area contributed by atoms with E-state index in [9.17, 15) is 0 Å². The number of hydrogen-bond acceptors (Lipinski definition) is 2. The molecule has 0 bridgehead atoms. The summed E-state index contributed by atoms with van der Waals surface area (Å²) in [4.78, 5) is 6.87. The highest BCUT2D eigenvalue weighted by atomic mass is 15.1. The van der Waals surface area contributed by atoms with Gasteiger partial charge in [0.2, 0.25) is 0 Å². The molecule has 0 saturated heterocycles. The molecule has 0 fully saturated rings. The number of aromatic nitrogens is 2. The third-order valence-corrected chi connectivity index (χ3v) is 2.43. The number of aryl methyl sites for hydroxylation is 1. The molecule has 1 aromatic heterocycles. The maximum atomic E-state index is 4.71. The summed E-state index contributed by atoms with van der Waals surface area (Å²) in [6, 6.07) is 0. The Balaban J connectivity index is 3.00. The molecule has 0 amide bonds. The van der Waals surface area contributed by atoms with Gasteiger partial charge < -0.3 is 9.47 Å². The standard InChI is InChI=1S/C12H23N3/c1-7-15-8-10(12(2,3)4)13-11(15)9-14(5)6/h8H,7,9H2,1-6H3. The van der Waals surface area contributed by atoms with Gasteiger partial charge in [-0.15, -0.1) is 0 Å². The van der Waals surface area contributed by atoms with Crippen molar-refractivity contribution in [2.24, 2.45) is 0 Å². The SMILES string of the molecule is CCn1cc(C(C)(C)C)nc1CN(C)C. The lowest BCUT2D eigenvalue weighted by Crippen LogP contribution is -2.15. The molecule has 3 heteroatoms. The highest BCUT2D eigenvalue weighted by molar-refractivity contribution is 5.13. The Kier molecular flexibility index (Phi) is 3.55. The van der Waals surface area contributed by atoms with Crippen LogP contribution in [0.3, 0.4) is 0 Å².